The first-order chi connectivity index (χ1) is 16.6. The van der Waals surface area contributed by atoms with E-state index >= 15 is 0 Å². The third-order valence-electron chi connectivity index (χ3n) is 5.36. The van der Waals surface area contributed by atoms with Gasteiger partial charge in [-0.15, -0.1) is 0 Å². The second kappa shape index (κ2) is 11.3. The fourth-order valence-electron chi connectivity index (χ4n) is 3.70. The molecule has 0 unspecified atom stereocenters. The molecule has 0 fully saturated rings. The summed E-state index contributed by atoms with van der Waals surface area (Å²) >= 11 is 0. The van der Waals surface area contributed by atoms with Crippen LogP contribution in [0.4, 0.5) is 8.78 Å². The van der Waals surface area contributed by atoms with Crippen LogP contribution < -0.4 is 9.47 Å². The second-order valence-electron chi connectivity index (χ2n) is 9.54. The number of pyridine rings is 1. The summed E-state index contributed by atoms with van der Waals surface area (Å²) in [5.41, 5.74) is 3.03. The molecule has 3 aromatic rings. The van der Waals surface area contributed by atoms with Crippen LogP contribution >= 0.6 is 0 Å². The third kappa shape index (κ3) is 7.50. The predicted octanol–water partition coefficient (Wildman–Crippen LogP) is 6.31. The summed E-state index contributed by atoms with van der Waals surface area (Å²) in [6.07, 6.45) is 1.11. The molecule has 35 heavy (non-hydrogen) atoms. The van der Waals surface area contributed by atoms with E-state index in [4.69, 9.17) is 14.5 Å². The highest BCUT2D eigenvalue weighted by Gasteiger charge is 2.19. The number of nitrogens with zero attached hydrogens (tertiary/aromatic N) is 1. The van der Waals surface area contributed by atoms with E-state index in [1.54, 1.807) is 31.4 Å². The summed E-state index contributed by atoms with van der Waals surface area (Å²) in [6, 6.07) is 12.6. The van der Waals surface area contributed by atoms with Crippen molar-refractivity contribution >= 4 is 5.97 Å². The molecule has 3 rings (SSSR count). The Morgan fingerprint density at radius 3 is 2.40 bits per heavy atom. The van der Waals surface area contributed by atoms with Crippen molar-refractivity contribution in [3.8, 4) is 22.6 Å². The Hall–Kier alpha value is -3.48. The molecule has 0 aliphatic rings. The van der Waals surface area contributed by atoms with E-state index < -0.39 is 5.82 Å². The van der Waals surface area contributed by atoms with E-state index in [0.29, 0.717) is 46.7 Å². The lowest BCUT2D eigenvalue weighted by molar-refractivity contribution is -0.140. The van der Waals surface area contributed by atoms with Crippen LogP contribution in [0.3, 0.4) is 0 Å². The van der Waals surface area contributed by atoms with Crippen molar-refractivity contribution in [3.63, 3.8) is 0 Å². The first kappa shape index (κ1) is 26.1. The number of esters is 1. The Morgan fingerprint density at radius 1 is 0.943 bits per heavy atom. The van der Waals surface area contributed by atoms with Gasteiger partial charge in [0.2, 0.25) is 0 Å². The fourth-order valence-corrected chi connectivity index (χ4v) is 3.70. The van der Waals surface area contributed by atoms with Gasteiger partial charge in [0.25, 0.3) is 0 Å². The van der Waals surface area contributed by atoms with E-state index in [1.165, 1.54) is 25.3 Å². The SMILES string of the molecule is COC(=O)CCc1cc(F)cc(OCc2ccc(-c3cc(OC)ccc3F)c(CC(C)(C)C)n2)c1. The van der Waals surface area contributed by atoms with Crippen LogP contribution in [-0.2, 0) is 29.0 Å². The quantitative estimate of drug-likeness (QED) is 0.334. The van der Waals surface area contributed by atoms with Crippen LogP contribution in [0.2, 0.25) is 0 Å². The smallest absolute Gasteiger partial charge is 0.305 e. The van der Waals surface area contributed by atoms with E-state index in [0.717, 1.165) is 5.69 Å². The van der Waals surface area contributed by atoms with Crippen LogP contribution in [0.25, 0.3) is 11.1 Å². The van der Waals surface area contributed by atoms with Crippen LogP contribution in [-0.4, -0.2) is 25.2 Å². The molecule has 0 atom stereocenters. The number of aromatic nitrogens is 1. The lowest BCUT2D eigenvalue weighted by atomic mass is 9.87. The minimum absolute atomic E-state index is 0.0896. The molecular formula is C28H31F2NO4. The number of halogens is 2. The molecule has 186 valence electrons. The number of hydrogen-bond donors (Lipinski definition) is 0. The van der Waals surface area contributed by atoms with Crippen molar-refractivity contribution in [1.29, 1.82) is 0 Å². The number of methoxy groups -OCH3 is 2. The molecule has 0 aliphatic heterocycles. The number of hydrogen-bond acceptors (Lipinski definition) is 5. The number of aryl methyl sites for hydroxylation is 1. The monoisotopic (exact) mass is 483 g/mol. The van der Waals surface area contributed by atoms with Crippen molar-refractivity contribution in [2.45, 2.75) is 46.6 Å². The zero-order valence-electron chi connectivity index (χ0n) is 20.8. The Kier molecular flexibility index (Phi) is 8.43. The van der Waals surface area contributed by atoms with Crippen molar-refractivity contribution in [1.82, 2.24) is 4.98 Å². The normalized spacial score (nSPS) is 11.3. The summed E-state index contributed by atoms with van der Waals surface area (Å²) in [5.74, 6) is -0.268. The molecule has 0 aliphatic carbocycles. The summed E-state index contributed by atoms with van der Waals surface area (Å²) < 4.78 is 44.5. The number of ether oxygens (including phenoxy) is 3. The maximum Gasteiger partial charge on any atom is 0.305 e. The lowest BCUT2D eigenvalue weighted by Crippen LogP contribution is -2.13. The summed E-state index contributed by atoms with van der Waals surface area (Å²) in [6.45, 7) is 6.38. The van der Waals surface area contributed by atoms with Crippen molar-refractivity contribution in [2.75, 3.05) is 14.2 Å². The highest BCUT2D eigenvalue weighted by atomic mass is 19.1. The topological polar surface area (TPSA) is 57.7 Å². The predicted molar refractivity (Wildman–Crippen MR) is 130 cm³/mol. The average Bonchev–Trinajstić information content (AvgIpc) is 2.80. The summed E-state index contributed by atoms with van der Waals surface area (Å²) in [4.78, 5) is 16.2. The van der Waals surface area contributed by atoms with E-state index in [1.807, 2.05) is 6.07 Å². The zero-order chi connectivity index (χ0) is 25.6. The largest absolute Gasteiger partial charge is 0.497 e. The summed E-state index contributed by atoms with van der Waals surface area (Å²) in [7, 11) is 2.86. The Morgan fingerprint density at radius 2 is 1.71 bits per heavy atom. The highest BCUT2D eigenvalue weighted by molar-refractivity contribution is 5.69. The zero-order valence-corrected chi connectivity index (χ0v) is 20.8. The van der Waals surface area contributed by atoms with Gasteiger partial charge in [0.05, 0.1) is 19.9 Å². The Bertz CT molecular complexity index is 1190. The maximum atomic E-state index is 14.7. The average molecular weight is 484 g/mol. The van der Waals surface area contributed by atoms with Crippen LogP contribution in [0, 0.1) is 17.0 Å². The molecule has 0 saturated heterocycles. The van der Waals surface area contributed by atoms with Gasteiger partial charge in [-0.05, 0) is 60.2 Å². The van der Waals surface area contributed by atoms with Gasteiger partial charge in [0.15, 0.2) is 0 Å². The molecule has 1 aromatic heterocycles. The maximum absolute atomic E-state index is 14.7. The molecule has 0 amide bonds. The lowest BCUT2D eigenvalue weighted by Gasteiger charge is -2.21. The van der Waals surface area contributed by atoms with Crippen molar-refractivity contribution in [3.05, 3.63) is 77.1 Å². The van der Waals surface area contributed by atoms with Gasteiger partial charge in [-0.2, -0.15) is 0 Å². The van der Waals surface area contributed by atoms with Gasteiger partial charge in [-0.25, -0.2) is 8.78 Å². The van der Waals surface area contributed by atoms with Gasteiger partial charge in [-0.1, -0.05) is 26.8 Å². The molecule has 0 N–H and O–H groups in total. The van der Waals surface area contributed by atoms with Crippen molar-refractivity contribution in [2.24, 2.45) is 5.41 Å². The number of benzene rings is 2. The summed E-state index contributed by atoms with van der Waals surface area (Å²) in [5, 5.41) is 0. The minimum atomic E-state index is -0.451. The third-order valence-corrected chi connectivity index (χ3v) is 5.36. The fraction of sp³-hybridized carbons (Fsp3) is 0.357. The molecule has 5 nitrogen and oxygen atoms in total. The minimum Gasteiger partial charge on any atom is -0.497 e. The van der Waals surface area contributed by atoms with Crippen LogP contribution in [0.5, 0.6) is 11.5 Å². The number of carbonyl (C=O) groups excluding carboxylic acids is 1. The van der Waals surface area contributed by atoms with E-state index in [2.05, 4.69) is 25.5 Å². The Balaban J connectivity index is 1.86. The number of rotatable bonds is 9. The standard InChI is InChI=1S/C28H31F2NO4/c1-28(2,3)16-26-23(24-15-21(33-4)8-10-25(24)30)9-7-20(31-26)17-35-22-13-18(12-19(29)14-22)6-11-27(32)34-5/h7-10,12-15H,6,11,16-17H2,1-5H3. The molecule has 7 heteroatoms. The molecule has 1 heterocycles. The first-order valence-corrected chi connectivity index (χ1v) is 11.4. The highest BCUT2D eigenvalue weighted by Crippen LogP contribution is 2.33. The Labute approximate surface area is 205 Å². The van der Waals surface area contributed by atoms with E-state index in [-0.39, 0.29) is 30.2 Å². The van der Waals surface area contributed by atoms with Gasteiger partial charge in [0.1, 0.15) is 29.7 Å². The molecule has 0 spiro atoms. The first-order valence-electron chi connectivity index (χ1n) is 11.4. The molecular weight excluding hydrogens is 452 g/mol. The van der Waals surface area contributed by atoms with Gasteiger partial charge in [-0.3, -0.25) is 9.78 Å². The molecule has 0 bridgehead atoms. The van der Waals surface area contributed by atoms with Gasteiger partial charge >= 0.3 is 5.97 Å². The van der Waals surface area contributed by atoms with Gasteiger partial charge < -0.3 is 14.2 Å². The van der Waals surface area contributed by atoms with Crippen LogP contribution in [0.1, 0.15) is 44.1 Å². The molecule has 0 radical (unpaired) electrons. The van der Waals surface area contributed by atoms with Crippen molar-refractivity contribution < 1.29 is 27.8 Å². The van der Waals surface area contributed by atoms with Gasteiger partial charge in [0, 0.05) is 29.3 Å². The van der Waals surface area contributed by atoms with Crippen LogP contribution in [0.15, 0.2) is 48.5 Å². The number of carbonyl (C=O) groups is 1. The van der Waals surface area contributed by atoms with E-state index in [9.17, 15) is 13.6 Å². The molecule has 0 saturated carbocycles. The second-order valence-corrected chi connectivity index (χ2v) is 9.54. The molecule has 2 aromatic carbocycles.